The van der Waals surface area contributed by atoms with Crippen LogP contribution in [0, 0.1) is 6.92 Å². The van der Waals surface area contributed by atoms with Crippen LogP contribution in [0.4, 0.5) is 0 Å². The largest absolute Gasteiger partial charge is 0.354 e. The second kappa shape index (κ2) is 8.82. The van der Waals surface area contributed by atoms with E-state index in [0.29, 0.717) is 25.2 Å². The lowest BCUT2D eigenvalue weighted by atomic mass is 10.0. The molecule has 2 N–H and O–H groups in total. The summed E-state index contributed by atoms with van der Waals surface area (Å²) in [6.45, 7) is 13.7. The van der Waals surface area contributed by atoms with Gasteiger partial charge in [-0.1, -0.05) is 6.08 Å². The van der Waals surface area contributed by atoms with E-state index in [1.165, 1.54) is 0 Å². The van der Waals surface area contributed by atoms with Crippen molar-refractivity contribution in [1.82, 2.24) is 30.3 Å². The van der Waals surface area contributed by atoms with Gasteiger partial charge >= 0.3 is 0 Å². The topological polar surface area (TPSA) is 70.4 Å². The van der Waals surface area contributed by atoms with Crippen molar-refractivity contribution in [3.05, 3.63) is 24.3 Å². The molecule has 134 valence electrons. The molecule has 0 unspecified atom stereocenters. The van der Waals surface area contributed by atoms with Crippen LogP contribution in [0.25, 0.3) is 0 Å². The predicted molar refractivity (Wildman–Crippen MR) is 97.9 cm³/mol. The smallest absolute Gasteiger partial charge is 0.192 e. The van der Waals surface area contributed by atoms with Crippen molar-refractivity contribution < 1.29 is 0 Å². The van der Waals surface area contributed by atoms with Gasteiger partial charge in [-0.3, -0.25) is 0 Å². The summed E-state index contributed by atoms with van der Waals surface area (Å²) in [5.41, 5.74) is 0. The van der Waals surface area contributed by atoms with E-state index < -0.39 is 0 Å². The molecule has 0 aromatic carbocycles. The van der Waals surface area contributed by atoms with E-state index in [4.69, 9.17) is 0 Å². The van der Waals surface area contributed by atoms with Crippen molar-refractivity contribution in [2.45, 2.75) is 52.2 Å². The van der Waals surface area contributed by atoms with E-state index in [1.54, 1.807) is 0 Å². The Kier molecular flexibility index (Phi) is 6.78. The molecule has 0 spiro atoms. The van der Waals surface area contributed by atoms with Crippen LogP contribution in [0.3, 0.4) is 0 Å². The molecule has 0 radical (unpaired) electrons. The first kappa shape index (κ1) is 18.4. The standard InChI is InChI=1S/C17H31N7/c1-6-9-18-17(19-12-16-22-21-14(4)23(16)5)20-15-7-10-24(11-8-15)13(2)3/h6,13,15H,1,7-12H2,2-5H3,(H2,18,19,20). The van der Waals surface area contributed by atoms with Crippen LogP contribution in [0.1, 0.15) is 38.3 Å². The lowest BCUT2D eigenvalue weighted by molar-refractivity contribution is 0.167. The first-order chi connectivity index (χ1) is 11.5. The highest BCUT2D eigenvalue weighted by Gasteiger charge is 2.21. The highest BCUT2D eigenvalue weighted by molar-refractivity contribution is 5.80. The Hall–Kier alpha value is -1.89. The molecule has 0 amide bonds. The molecule has 2 rings (SSSR count). The number of hydrogen-bond acceptors (Lipinski definition) is 4. The SMILES string of the molecule is C=CCNC(=NCc1nnc(C)n1C)NC1CCN(C(C)C)CC1. The van der Waals surface area contributed by atoms with E-state index in [1.807, 2.05) is 24.6 Å². The monoisotopic (exact) mass is 333 g/mol. The molecule has 0 atom stereocenters. The Morgan fingerprint density at radius 1 is 1.38 bits per heavy atom. The summed E-state index contributed by atoms with van der Waals surface area (Å²) in [7, 11) is 1.96. The van der Waals surface area contributed by atoms with Gasteiger partial charge in [0.1, 0.15) is 12.4 Å². The Labute approximate surface area is 145 Å². The molecule has 1 aromatic rings. The number of guanidine groups is 1. The summed E-state index contributed by atoms with van der Waals surface area (Å²) < 4.78 is 1.97. The average Bonchev–Trinajstić information content (AvgIpc) is 2.89. The van der Waals surface area contributed by atoms with Gasteiger partial charge in [-0.25, -0.2) is 4.99 Å². The number of aryl methyl sites for hydroxylation is 1. The predicted octanol–water partition coefficient (Wildman–Crippen LogP) is 1.22. The van der Waals surface area contributed by atoms with Gasteiger partial charge in [0, 0.05) is 38.8 Å². The Bertz CT molecular complexity index is 553. The second-order valence-corrected chi connectivity index (χ2v) is 6.61. The summed E-state index contributed by atoms with van der Waals surface area (Å²) in [5, 5.41) is 15.1. The summed E-state index contributed by atoms with van der Waals surface area (Å²) in [4.78, 5) is 7.19. The zero-order valence-corrected chi connectivity index (χ0v) is 15.4. The van der Waals surface area contributed by atoms with Gasteiger partial charge in [-0.05, 0) is 33.6 Å². The second-order valence-electron chi connectivity index (χ2n) is 6.61. The van der Waals surface area contributed by atoms with Crippen LogP contribution in [-0.2, 0) is 13.6 Å². The maximum absolute atomic E-state index is 4.66. The fourth-order valence-corrected chi connectivity index (χ4v) is 2.81. The molecule has 1 fully saturated rings. The van der Waals surface area contributed by atoms with Crippen LogP contribution < -0.4 is 10.6 Å². The number of likely N-dealkylation sites (tertiary alicyclic amines) is 1. The van der Waals surface area contributed by atoms with Crippen molar-refractivity contribution in [2.24, 2.45) is 12.0 Å². The molecule has 1 aliphatic rings. The third-order valence-corrected chi connectivity index (χ3v) is 4.58. The molecule has 1 aromatic heterocycles. The van der Waals surface area contributed by atoms with Crippen molar-refractivity contribution >= 4 is 5.96 Å². The molecule has 0 aliphatic carbocycles. The van der Waals surface area contributed by atoms with E-state index in [9.17, 15) is 0 Å². The van der Waals surface area contributed by atoms with Crippen LogP contribution in [0.2, 0.25) is 0 Å². The summed E-state index contributed by atoms with van der Waals surface area (Å²) >= 11 is 0. The van der Waals surface area contributed by atoms with Crippen LogP contribution >= 0.6 is 0 Å². The zero-order valence-electron chi connectivity index (χ0n) is 15.4. The molecule has 0 bridgehead atoms. The third-order valence-electron chi connectivity index (χ3n) is 4.58. The number of hydrogen-bond donors (Lipinski definition) is 2. The molecule has 7 heteroatoms. The lowest BCUT2D eigenvalue weighted by Crippen LogP contribution is -2.49. The molecular weight excluding hydrogens is 302 g/mol. The first-order valence-corrected chi connectivity index (χ1v) is 8.76. The van der Waals surface area contributed by atoms with Gasteiger partial charge in [-0.15, -0.1) is 16.8 Å². The van der Waals surface area contributed by atoms with Crippen molar-refractivity contribution in [3.8, 4) is 0 Å². The molecular formula is C17H31N7. The molecule has 1 aliphatic heterocycles. The highest BCUT2D eigenvalue weighted by atomic mass is 15.3. The summed E-state index contributed by atoms with van der Waals surface area (Å²) in [6.07, 6.45) is 4.11. The number of aromatic nitrogens is 3. The fourth-order valence-electron chi connectivity index (χ4n) is 2.81. The van der Waals surface area contributed by atoms with Crippen LogP contribution in [0.5, 0.6) is 0 Å². The molecule has 24 heavy (non-hydrogen) atoms. The third kappa shape index (κ3) is 5.06. The normalized spacial score (nSPS) is 17.3. The van der Waals surface area contributed by atoms with Gasteiger partial charge in [0.05, 0.1) is 0 Å². The minimum Gasteiger partial charge on any atom is -0.354 e. The van der Waals surface area contributed by atoms with Crippen LogP contribution in [-0.4, -0.2) is 57.3 Å². The molecule has 1 saturated heterocycles. The Morgan fingerprint density at radius 3 is 2.62 bits per heavy atom. The van der Waals surface area contributed by atoms with Crippen molar-refractivity contribution in [3.63, 3.8) is 0 Å². The van der Waals surface area contributed by atoms with Gasteiger partial charge in [-0.2, -0.15) is 0 Å². The number of rotatable bonds is 6. The quantitative estimate of drug-likeness (QED) is 0.465. The minimum atomic E-state index is 0.456. The fraction of sp³-hybridized carbons (Fsp3) is 0.706. The number of nitrogens with one attached hydrogen (secondary N) is 2. The zero-order chi connectivity index (χ0) is 17.5. The first-order valence-electron chi connectivity index (χ1n) is 8.76. The Morgan fingerprint density at radius 2 is 2.08 bits per heavy atom. The molecule has 2 heterocycles. The van der Waals surface area contributed by atoms with Crippen molar-refractivity contribution in [1.29, 1.82) is 0 Å². The van der Waals surface area contributed by atoms with E-state index in [2.05, 4.69) is 51.1 Å². The lowest BCUT2D eigenvalue weighted by Gasteiger charge is -2.35. The van der Waals surface area contributed by atoms with E-state index >= 15 is 0 Å². The summed E-state index contributed by atoms with van der Waals surface area (Å²) in [5.74, 6) is 2.58. The van der Waals surface area contributed by atoms with Gasteiger partial charge in [0.25, 0.3) is 0 Å². The van der Waals surface area contributed by atoms with Gasteiger partial charge in [0.15, 0.2) is 11.8 Å². The number of piperidine rings is 1. The maximum atomic E-state index is 4.66. The Balaban J connectivity index is 1.94. The van der Waals surface area contributed by atoms with E-state index in [-0.39, 0.29) is 0 Å². The van der Waals surface area contributed by atoms with E-state index in [0.717, 1.165) is 43.5 Å². The maximum Gasteiger partial charge on any atom is 0.192 e. The number of nitrogens with zero attached hydrogens (tertiary/aromatic N) is 5. The summed E-state index contributed by atoms with van der Waals surface area (Å²) in [6, 6.07) is 1.08. The average molecular weight is 333 g/mol. The number of aliphatic imine (C=N–C) groups is 1. The highest BCUT2D eigenvalue weighted by Crippen LogP contribution is 2.12. The van der Waals surface area contributed by atoms with Crippen LogP contribution in [0.15, 0.2) is 17.6 Å². The van der Waals surface area contributed by atoms with Gasteiger partial charge in [0.2, 0.25) is 0 Å². The molecule has 7 nitrogen and oxygen atoms in total. The minimum absolute atomic E-state index is 0.456. The van der Waals surface area contributed by atoms with Gasteiger partial charge < -0.3 is 20.1 Å². The molecule has 0 saturated carbocycles. The van der Waals surface area contributed by atoms with Crippen molar-refractivity contribution in [2.75, 3.05) is 19.6 Å².